The van der Waals surface area contributed by atoms with Crippen molar-refractivity contribution in [3.63, 3.8) is 0 Å². The lowest BCUT2D eigenvalue weighted by atomic mass is 10.0. The Hall–Kier alpha value is -2.95. The first kappa shape index (κ1) is 16.4. The van der Waals surface area contributed by atoms with E-state index in [-0.39, 0.29) is 17.1 Å². The van der Waals surface area contributed by atoms with Gasteiger partial charge in [-0.2, -0.15) is 0 Å². The van der Waals surface area contributed by atoms with Gasteiger partial charge in [0.05, 0.1) is 19.3 Å². The van der Waals surface area contributed by atoms with E-state index in [1.807, 2.05) is 6.92 Å². The van der Waals surface area contributed by atoms with Crippen LogP contribution in [0.2, 0.25) is 0 Å². The van der Waals surface area contributed by atoms with Crippen LogP contribution in [0.15, 0.2) is 42.5 Å². The second-order valence-corrected chi connectivity index (χ2v) is 4.76. The molecular formula is C18H18O5. The van der Waals surface area contributed by atoms with Crippen LogP contribution in [0.1, 0.15) is 18.1 Å². The van der Waals surface area contributed by atoms with E-state index in [4.69, 9.17) is 9.47 Å². The molecule has 0 amide bonds. The molecule has 0 unspecified atom stereocenters. The fraction of sp³-hybridized carbons (Fsp3) is 0.167. The summed E-state index contributed by atoms with van der Waals surface area (Å²) in [4.78, 5) is 11.6. The SMILES string of the molecule is CCOc1cccc(/C(=C/c2ccc(O)c(OC)c2)C(=O)O)c1. The minimum atomic E-state index is -1.05. The van der Waals surface area contributed by atoms with E-state index in [0.717, 1.165) is 0 Å². The normalized spacial score (nSPS) is 11.1. The molecule has 0 radical (unpaired) electrons. The van der Waals surface area contributed by atoms with E-state index in [2.05, 4.69) is 0 Å². The van der Waals surface area contributed by atoms with Crippen LogP contribution in [0, 0.1) is 0 Å². The van der Waals surface area contributed by atoms with Gasteiger partial charge in [-0.3, -0.25) is 0 Å². The third-order valence-electron chi connectivity index (χ3n) is 3.20. The van der Waals surface area contributed by atoms with Gasteiger partial charge in [0.2, 0.25) is 0 Å². The molecule has 5 nitrogen and oxygen atoms in total. The summed E-state index contributed by atoms with van der Waals surface area (Å²) in [5.41, 5.74) is 1.27. The molecular weight excluding hydrogens is 296 g/mol. The molecule has 0 aliphatic rings. The number of hydrogen-bond acceptors (Lipinski definition) is 4. The van der Waals surface area contributed by atoms with Gasteiger partial charge in [0.1, 0.15) is 5.75 Å². The third-order valence-corrected chi connectivity index (χ3v) is 3.20. The van der Waals surface area contributed by atoms with Crippen molar-refractivity contribution >= 4 is 17.6 Å². The van der Waals surface area contributed by atoms with Crippen LogP contribution in [-0.4, -0.2) is 29.9 Å². The molecule has 0 spiro atoms. The quantitative estimate of drug-likeness (QED) is 0.631. The summed E-state index contributed by atoms with van der Waals surface area (Å²) in [7, 11) is 1.44. The number of carbonyl (C=O) groups is 1. The Kier molecular flexibility index (Phi) is 5.25. The molecule has 0 aliphatic heterocycles. The summed E-state index contributed by atoms with van der Waals surface area (Å²) >= 11 is 0. The monoisotopic (exact) mass is 314 g/mol. The van der Waals surface area contributed by atoms with E-state index in [0.29, 0.717) is 23.5 Å². The second kappa shape index (κ2) is 7.35. The molecule has 120 valence electrons. The second-order valence-electron chi connectivity index (χ2n) is 4.76. The minimum Gasteiger partial charge on any atom is -0.504 e. The van der Waals surface area contributed by atoms with Crippen molar-refractivity contribution in [3.05, 3.63) is 53.6 Å². The standard InChI is InChI=1S/C18H18O5/c1-3-23-14-6-4-5-13(11-14)15(18(20)21)9-12-7-8-16(19)17(10-12)22-2/h4-11,19H,3H2,1-2H3,(H,20,21)/b15-9-. The van der Waals surface area contributed by atoms with E-state index in [9.17, 15) is 15.0 Å². The highest BCUT2D eigenvalue weighted by Gasteiger charge is 2.12. The number of rotatable bonds is 6. The van der Waals surface area contributed by atoms with Gasteiger partial charge in [0.25, 0.3) is 0 Å². The van der Waals surface area contributed by atoms with E-state index >= 15 is 0 Å². The van der Waals surface area contributed by atoms with Crippen LogP contribution >= 0.6 is 0 Å². The van der Waals surface area contributed by atoms with Gasteiger partial charge >= 0.3 is 5.97 Å². The predicted molar refractivity (Wildman–Crippen MR) is 87.8 cm³/mol. The first-order valence-electron chi connectivity index (χ1n) is 7.10. The first-order chi connectivity index (χ1) is 11.0. The van der Waals surface area contributed by atoms with Gasteiger partial charge in [-0.05, 0) is 48.4 Å². The summed E-state index contributed by atoms with van der Waals surface area (Å²) in [5.74, 6) is -0.155. The predicted octanol–water partition coefficient (Wildman–Crippen LogP) is 3.42. The lowest BCUT2D eigenvalue weighted by Crippen LogP contribution is -2.00. The number of aromatic hydroxyl groups is 1. The lowest BCUT2D eigenvalue weighted by molar-refractivity contribution is -0.130. The van der Waals surface area contributed by atoms with Crippen LogP contribution in [0.3, 0.4) is 0 Å². The third kappa shape index (κ3) is 4.03. The largest absolute Gasteiger partial charge is 0.504 e. The highest BCUT2D eigenvalue weighted by molar-refractivity contribution is 6.20. The van der Waals surface area contributed by atoms with Crippen molar-refractivity contribution in [1.82, 2.24) is 0 Å². The summed E-state index contributed by atoms with van der Waals surface area (Å²) in [6, 6.07) is 11.6. The molecule has 0 aliphatic carbocycles. The lowest BCUT2D eigenvalue weighted by Gasteiger charge is -2.08. The highest BCUT2D eigenvalue weighted by atomic mass is 16.5. The topological polar surface area (TPSA) is 76.0 Å². The van der Waals surface area contributed by atoms with Gasteiger partial charge in [-0.25, -0.2) is 4.79 Å². The van der Waals surface area contributed by atoms with E-state index in [1.54, 1.807) is 36.4 Å². The van der Waals surface area contributed by atoms with E-state index < -0.39 is 5.97 Å². The Balaban J connectivity index is 2.46. The zero-order valence-electron chi connectivity index (χ0n) is 12.9. The molecule has 0 bridgehead atoms. The smallest absolute Gasteiger partial charge is 0.336 e. The molecule has 2 aromatic rings. The average molecular weight is 314 g/mol. The molecule has 0 fully saturated rings. The number of hydrogen-bond donors (Lipinski definition) is 2. The highest BCUT2D eigenvalue weighted by Crippen LogP contribution is 2.29. The number of phenolic OH excluding ortho intramolecular Hbond substituents is 1. The Bertz CT molecular complexity index is 734. The maximum Gasteiger partial charge on any atom is 0.336 e. The summed E-state index contributed by atoms with van der Waals surface area (Å²) in [5, 5.41) is 19.1. The molecule has 0 saturated carbocycles. The molecule has 0 saturated heterocycles. The van der Waals surface area contributed by atoms with Crippen molar-refractivity contribution in [3.8, 4) is 17.2 Å². The fourth-order valence-electron chi connectivity index (χ4n) is 2.14. The number of carboxylic acids is 1. The average Bonchev–Trinajstić information content (AvgIpc) is 2.54. The number of carboxylic acid groups (broad SMARTS) is 1. The van der Waals surface area contributed by atoms with Crippen LogP contribution in [0.25, 0.3) is 11.6 Å². The van der Waals surface area contributed by atoms with Crippen molar-refractivity contribution in [2.75, 3.05) is 13.7 Å². The molecule has 2 aromatic carbocycles. The number of aliphatic carboxylic acids is 1. The molecule has 0 atom stereocenters. The molecule has 0 aromatic heterocycles. The zero-order valence-corrected chi connectivity index (χ0v) is 12.9. The number of phenols is 1. The van der Waals surface area contributed by atoms with Crippen LogP contribution in [-0.2, 0) is 4.79 Å². The number of ether oxygens (including phenoxy) is 2. The maximum absolute atomic E-state index is 11.6. The first-order valence-corrected chi connectivity index (χ1v) is 7.10. The van der Waals surface area contributed by atoms with Gasteiger partial charge in [-0.1, -0.05) is 18.2 Å². The van der Waals surface area contributed by atoms with Crippen molar-refractivity contribution in [2.45, 2.75) is 6.92 Å². The Morgan fingerprint density at radius 3 is 2.65 bits per heavy atom. The van der Waals surface area contributed by atoms with Crippen LogP contribution in [0.5, 0.6) is 17.2 Å². The van der Waals surface area contributed by atoms with Gasteiger partial charge in [0.15, 0.2) is 11.5 Å². The fourth-order valence-corrected chi connectivity index (χ4v) is 2.14. The van der Waals surface area contributed by atoms with Crippen molar-refractivity contribution in [2.24, 2.45) is 0 Å². The molecule has 2 rings (SSSR count). The molecule has 5 heteroatoms. The van der Waals surface area contributed by atoms with E-state index in [1.165, 1.54) is 19.3 Å². The van der Waals surface area contributed by atoms with Crippen molar-refractivity contribution < 1.29 is 24.5 Å². The Labute approximate surface area is 134 Å². The van der Waals surface area contributed by atoms with Gasteiger partial charge < -0.3 is 19.7 Å². The van der Waals surface area contributed by atoms with Crippen molar-refractivity contribution in [1.29, 1.82) is 0 Å². The minimum absolute atomic E-state index is 0.000122. The maximum atomic E-state index is 11.6. The summed E-state index contributed by atoms with van der Waals surface area (Å²) < 4.78 is 10.4. The molecule has 23 heavy (non-hydrogen) atoms. The summed E-state index contributed by atoms with van der Waals surface area (Å²) in [6.45, 7) is 2.37. The van der Waals surface area contributed by atoms with Crippen LogP contribution < -0.4 is 9.47 Å². The Morgan fingerprint density at radius 2 is 2.00 bits per heavy atom. The molecule has 0 heterocycles. The van der Waals surface area contributed by atoms with Crippen LogP contribution in [0.4, 0.5) is 0 Å². The zero-order chi connectivity index (χ0) is 16.8. The Morgan fingerprint density at radius 1 is 1.22 bits per heavy atom. The number of benzene rings is 2. The summed E-state index contributed by atoms with van der Waals surface area (Å²) in [6.07, 6.45) is 1.52. The number of methoxy groups -OCH3 is 1. The van der Waals surface area contributed by atoms with Gasteiger partial charge in [0, 0.05) is 0 Å². The molecule has 2 N–H and O–H groups in total. The van der Waals surface area contributed by atoms with Gasteiger partial charge in [-0.15, -0.1) is 0 Å².